The molecular formula is C10H20O2. The molecule has 1 saturated carbocycles. The minimum Gasteiger partial charge on any atom is -0.468 e. The lowest BCUT2D eigenvalue weighted by Gasteiger charge is -2.15. The molecule has 0 bridgehead atoms. The molecule has 0 saturated heterocycles. The molecule has 2 nitrogen and oxygen atoms in total. The van der Waals surface area contributed by atoms with Crippen LogP contribution < -0.4 is 0 Å². The summed E-state index contributed by atoms with van der Waals surface area (Å²) in [6.07, 6.45) is 7.44. The zero-order valence-electron chi connectivity index (χ0n) is 8.21. The molecule has 0 unspecified atom stereocenters. The number of ether oxygens (including phenoxy) is 1. The van der Waals surface area contributed by atoms with Crippen molar-refractivity contribution >= 4 is 6.47 Å². The first kappa shape index (κ1) is 11.5. The molecule has 12 heavy (non-hydrogen) atoms. The number of hydrogen-bond acceptors (Lipinski definition) is 2. The van der Waals surface area contributed by atoms with Gasteiger partial charge in [-0.2, -0.15) is 0 Å². The first-order valence-corrected chi connectivity index (χ1v) is 4.86. The van der Waals surface area contributed by atoms with E-state index < -0.39 is 0 Å². The topological polar surface area (TPSA) is 26.3 Å². The maximum Gasteiger partial charge on any atom is 0.293 e. The van der Waals surface area contributed by atoms with Gasteiger partial charge in [-0.3, -0.25) is 4.79 Å². The van der Waals surface area contributed by atoms with E-state index in [4.69, 9.17) is 0 Å². The Labute approximate surface area is 75.3 Å². The molecule has 1 fully saturated rings. The van der Waals surface area contributed by atoms with Crippen molar-refractivity contribution in [1.82, 2.24) is 0 Å². The lowest BCUT2D eigenvalue weighted by Crippen LogP contribution is -1.99. The predicted octanol–water partition coefficient (Wildman–Crippen LogP) is 2.77. The minimum atomic E-state index is 0.431. The summed E-state index contributed by atoms with van der Waals surface area (Å²) in [6.45, 7) is 5.02. The van der Waals surface area contributed by atoms with Gasteiger partial charge in [-0.25, -0.2) is 0 Å². The highest BCUT2D eigenvalue weighted by molar-refractivity contribution is 5.36. The van der Waals surface area contributed by atoms with Crippen molar-refractivity contribution in [2.75, 3.05) is 6.61 Å². The van der Waals surface area contributed by atoms with Gasteiger partial charge in [0.15, 0.2) is 0 Å². The Balaban J connectivity index is 0.000000217. The van der Waals surface area contributed by atoms with Gasteiger partial charge >= 0.3 is 0 Å². The van der Waals surface area contributed by atoms with Gasteiger partial charge in [0.2, 0.25) is 0 Å². The SMILES string of the molecule is CC1CCCCC1.CCOC=O. The van der Waals surface area contributed by atoms with Crippen molar-refractivity contribution in [3.63, 3.8) is 0 Å². The summed E-state index contributed by atoms with van der Waals surface area (Å²) >= 11 is 0. The molecule has 0 spiro atoms. The maximum absolute atomic E-state index is 9.18. The second-order valence-corrected chi connectivity index (χ2v) is 3.29. The quantitative estimate of drug-likeness (QED) is 0.599. The van der Waals surface area contributed by atoms with Crippen LogP contribution in [0, 0.1) is 5.92 Å². The standard InChI is InChI=1S/C7H14.C3H6O2/c1-7-5-3-2-4-6-7;1-2-5-3-4/h7H,2-6H2,1H3;3H,2H2,1H3. The van der Waals surface area contributed by atoms with E-state index in [0.717, 1.165) is 5.92 Å². The third kappa shape index (κ3) is 7.58. The van der Waals surface area contributed by atoms with E-state index in [1.54, 1.807) is 6.92 Å². The Morgan fingerprint density at radius 3 is 2.08 bits per heavy atom. The fourth-order valence-electron chi connectivity index (χ4n) is 1.37. The van der Waals surface area contributed by atoms with Gasteiger partial charge in [-0.15, -0.1) is 0 Å². The van der Waals surface area contributed by atoms with Crippen LogP contribution >= 0.6 is 0 Å². The third-order valence-electron chi connectivity index (χ3n) is 2.13. The maximum atomic E-state index is 9.18. The van der Waals surface area contributed by atoms with Gasteiger partial charge in [0, 0.05) is 0 Å². The predicted molar refractivity (Wildman–Crippen MR) is 49.9 cm³/mol. The van der Waals surface area contributed by atoms with Crippen LogP contribution in [0.15, 0.2) is 0 Å². The molecule has 1 aliphatic rings. The van der Waals surface area contributed by atoms with Crippen molar-refractivity contribution in [2.45, 2.75) is 46.0 Å². The summed E-state index contributed by atoms with van der Waals surface area (Å²) in [5.74, 6) is 1.04. The zero-order chi connectivity index (χ0) is 9.23. The van der Waals surface area contributed by atoms with Crippen LogP contribution in [0.2, 0.25) is 0 Å². The van der Waals surface area contributed by atoms with Crippen LogP contribution in [0.3, 0.4) is 0 Å². The largest absolute Gasteiger partial charge is 0.468 e. The Hall–Kier alpha value is -0.530. The molecule has 0 aromatic rings. The van der Waals surface area contributed by atoms with E-state index in [-0.39, 0.29) is 0 Å². The summed E-state index contributed by atoms with van der Waals surface area (Å²) in [5.41, 5.74) is 0. The number of carbonyl (C=O) groups excluding carboxylic acids is 1. The van der Waals surface area contributed by atoms with E-state index in [1.165, 1.54) is 32.1 Å². The highest BCUT2D eigenvalue weighted by Crippen LogP contribution is 2.21. The van der Waals surface area contributed by atoms with Crippen molar-refractivity contribution in [3.05, 3.63) is 0 Å². The van der Waals surface area contributed by atoms with Gasteiger partial charge < -0.3 is 4.74 Å². The molecule has 0 atom stereocenters. The lowest BCUT2D eigenvalue weighted by atomic mass is 9.91. The first-order valence-electron chi connectivity index (χ1n) is 4.86. The van der Waals surface area contributed by atoms with E-state index in [2.05, 4.69) is 11.7 Å². The molecule has 2 heteroatoms. The summed E-state index contributed by atoms with van der Waals surface area (Å²) in [4.78, 5) is 9.18. The Morgan fingerprint density at radius 1 is 1.33 bits per heavy atom. The number of hydrogen-bond donors (Lipinski definition) is 0. The monoisotopic (exact) mass is 172 g/mol. The first-order chi connectivity index (χ1) is 5.81. The molecule has 0 N–H and O–H groups in total. The fourth-order valence-corrected chi connectivity index (χ4v) is 1.37. The molecule has 0 heterocycles. The van der Waals surface area contributed by atoms with Crippen molar-refractivity contribution < 1.29 is 9.53 Å². The van der Waals surface area contributed by atoms with E-state index in [0.29, 0.717) is 13.1 Å². The highest BCUT2D eigenvalue weighted by Gasteiger charge is 2.05. The normalized spacial score (nSPS) is 17.5. The van der Waals surface area contributed by atoms with Crippen LogP contribution in [0.5, 0.6) is 0 Å². The van der Waals surface area contributed by atoms with Crippen LogP contribution in [0.25, 0.3) is 0 Å². The average Bonchev–Trinajstić information content (AvgIpc) is 2.08. The Kier molecular flexibility index (Phi) is 8.19. The molecule has 0 radical (unpaired) electrons. The van der Waals surface area contributed by atoms with Crippen LogP contribution in [0.4, 0.5) is 0 Å². The second kappa shape index (κ2) is 8.57. The Bertz CT molecular complexity index is 96.0. The third-order valence-corrected chi connectivity index (χ3v) is 2.13. The Morgan fingerprint density at radius 2 is 1.92 bits per heavy atom. The molecule has 72 valence electrons. The van der Waals surface area contributed by atoms with E-state index in [1.807, 2.05) is 0 Å². The molecule has 0 amide bonds. The average molecular weight is 172 g/mol. The van der Waals surface area contributed by atoms with Crippen LogP contribution in [-0.2, 0) is 9.53 Å². The van der Waals surface area contributed by atoms with Crippen LogP contribution in [-0.4, -0.2) is 13.1 Å². The summed E-state index contributed by atoms with van der Waals surface area (Å²) in [5, 5.41) is 0. The van der Waals surface area contributed by atoms with Gasteiger partial charge in [0.25, 0.3) is 6.47 Å². The molecule has 0 aromatic carbocycles. The molecule has 1 aliphatic carbocycles. The van der Waals surface area contributed by atoms with Gasteiger partial charge in [0.1, 0.15) is 0 Å². The molecule has 0 aliphatic heterocycles. The fraction of sp³-hybridized carbons (Fsp3) is 0.900. The minimum absolute atomic E-state index is 0.431. The number of carbonyl (C=O) groups is 1. The smallest absolute Gasteiger partial charge is 0.293 e. The lowest BCUT2D eigenvalue weighted by molar-refractivity contribution is -0.128. The van der Waals surface area contributed by atoms with Gasteiger partial charge in [-0.1, -0.05) is 39.0 Å². The summed E-state index contributed by atoms with van der Waals surface area (Å²) in [6, 6.07) is 0. The van der Waals surface area contributed by atoms with Crippen molar-refractivity contribution in [1.29, 1.82) is 0 Å². The molecule has 1 rings (SSSR count). The van der Waals surface area contributed by atoms with E-state index in [9.17, 15) is 4.79 Å². The van der Waals surface area contributed by atoms with Crippen molar-refractivity contribution in [2.24, 2.45) is 5.92 Å². The van der Waals surface area contributed by atoms with Gasteiger partial charge in [0.05, 0.1) is 6.61 Å². The van der Waals surface area contributed by atoms with Gasteiger partial charge in [-0.05, 0) is 12.8 Å². The van der Waals surface area contributed by atoms with Crippen LogP contribution in [0.1, 0.15) is 46.0 Å². The second-order valence-electron chi connectivity index (χ2n) is 3.29. The summed E-state index contributed by atoms with van der Waals surface area (Å²) in [7, 11) is 0. The van der Waals surface area contributed by atoms with Crippen molar-refractivity contribution in [3.8, 4) is 0 Å². The van der Waals surface area contributed by atoms with E-state index >= 15 is 0 Å². The molecule has 0 aromatic heterocycles. The number of rotatable bonds is 2. The highest BCUT2D eigenvalue weighted by atomic mass is 16.5. The molecular weight excluding hydrogens is 152 g/mol. The zero-order valence-corrected chi connectivity index (χ0v) is 8.21. The summed E-state index contributed by atoms with van der Waals surface area (Å²) < 4.78 is 4.15.